The molecule has 0 aliphatic heterocycles. The van der Waals surface area contributed by atoms with Crippen molar-refractivity contribution >= 4 is 33.8 Å². The molecule has 0 N–H and O–H groups in total. The molecule has 0 saturated carbocycles. The Bertz CT molecular complexity index is 791. The highest BCUT2D eigenvalue weighted by Crippen LogP contribution is 2.36. The number of benzene rings is 1. The van der Waals surface area contributed by atoms with Crippen molar-refractivity contribution in [2.45, 2.75) is 27.7 Å². The molecule has 126 valence electrons. The second-order valence-corrected chi connectivity index (χ2v) is 6.14. The fraction of sp³-hybridized carbons (Fsp3) is 0.200. The summed E-state index contributed by atoms with van der Waals surface area (Å²) < 4.78 is 0. The van der Waals surface area contributed by atoms with Crippen molar-refractivity contribution in [1.82, 2.24) is 9.97 Å². The van der Waals surface area contributed by atoms with Crippen LogP contribution < -0.4 is 0 Å². The number of aromatic nitrogens is 2. The summed E-state index contributed by atoms with van der Waals surface area (Å²) in [5.74, 6) is 2.18. The molecule has 0 spiro atoms. The standard InChI is InChI=1S/C16H14N2P2.2C2H6/c1-2-4-13(19)11-6-7-12(14-5-3-10-20-14)16-15(11)17-8-9-18-16;2*1-2/h2-10,20H,1,19H2;2*1-2H3/b13-4-;;. The number of hydrogen-bond donors (Lipinski definition) is 0. The first-order valence-corrected chi connectivity index (χ1v) is 9.93. The number of allylic oxidation sites excluding steroid dienone is 2. The Morgan fingerprint density at radius 1 is 1.04 bits per heavy atom. The van der Waals surface area contributed by atoms with Crippen LogP contribution in [0.15, 0.2) is 61.2 Å². The van der Waals surface area contributed by atoms with Crippen molar-refractivity contribution in [3.05, 3.63) is 66.8 Å². The highest BCUT2D eigenvalue weighted by atomic mass is 31.0. The molecule has 2 nitrogen and oxygen atoms in total. The van der Waals surface area contributed by atoms with Gasteiger partial charge in [0.2, 0.25) is 0 Å². The zero-order chi connectivity index (χ0) is 17.9. The monoisotopic (exact) mass is 356 g/mol. The quantitative estimate of drug-likeness (QED) is 0.382. The highest BCUT2D eigenvalue weighted by molar-refractivity contribution is 7.33. The van der Waals surface area contributed by atoms with Gasteiger partial charge in [0.15, 0.2) is 0 Å². The van der Waals surface area contributed by atoms with Crippen LogP contribution in [0.4, 0.5) is 0 Å². The van der Waals surface area contributed by atoms with E-state index < -0.39 is 0 Å². The Morgan fingerprint density at radius 3 is 2.29 bits per heavy atom. The maximum Gasteiger partial charge on any atom is 0.0974 e. The van der Waals surface area contributed by atoms with Gasteiger partial charge in [0.25, 0.3) is 0 Å². The largest absolute Gasteiger partial charge is 0.252 e. The summed E-state index contributed by atoms with van der Waals surface area (Å²) in [5.41, 5.74) is 4.16. The second kappa shape index (κ2) is 10.9. The predicted octanol–water partition coefficient (Wildman–Crippen LogP) is 6.78. The molecule has 0 fully saturated rings. The van der Waals surface area contributed by atoms with Crippen LogP contribution in [0.3, 0.4) is 0 Å². The fourth-order valence-electron chi connectivity index (χ4n) is 2.22. The van der Waals surface area contributed by atoms with E-state index in [1.54, 1.807) is 18.5 Å². The van der Waals surface area contributed by atoms with Gasteiger partial charge < -0.3 is 0 Å². The first-order chi connectivity index (χ1) is 11.8. The molecule has 2 atom stereocenters. The third-order valence-electron chi connectivity index (χ3n) is 3.12. The summed E-state index contributed by atoms with van der Waals surface area (Å²) in [7, 11) is 3.45. The third kappa shape index (κ3) is 4.63. The first kappa shape index (κ1) is 20.3. The van der Waals surface area contributed by atoms with E-state index in [0.29, 0.717) is 8.19 Å². The van der Waals surface area contributed by atoms with Crippen molar-refractivity contribution in [2.24, 2.45) is 0 Å². The summed E-state index contributed by atoms with van der Waals surface area (Å²) in [6.07, 6.45) is 7.24. The molecular weight excluding hydrogens is 330 g/mol. The minimum atomic E-state index is 0.709. The van der Waals surface area contributed by atoms with Crippen LogP contribution in [0.5, 0.6) is 0 Å². The molecule has 4 heteroatoms. The van der Waals surface area contributed by atoms with E-state index in [9.17, 15) is 0 Å². The Morgan fingerprint density at radius 2 is 1.71 bits per heavy atom. The zero-order valence-corrected chi connectivity index (χ0v) is 17.0. The molecule has 0 aliphatic carbocycles. The maximum atomic E-state index is 4.54. The van der Waals surface area contributed by atoms with E-state index in [-0.39, 0.29) is 0 Å². The molecule has 3 aromatic rings. The Kier molecular flexibility index (Phi) is 9.23. The Hall–Kier alpha value is -1.75. The topological polar surface area (TPSA) is 25.8 Å². The van der Waals surface area contributed by atoms with Crippen LogP contribution in [0.25, 0.3) is 27.2 Å². The third-order valence-corrected chi connectivity index (χ3v) is 4.73. The number of hydrogen-bond acceptors (Lipinski definition) is 2. The van der Waals surface area contributed by atoms with E-state index in [1.807, 2.05) is 33.8 Å². The fourth-order valence-corrected chi connectivity index (χ4v) is 3.51. The van der Waals surface area contributed by atoms with Gasteiger partial charge in [-0.05, 0) is 11.1 Å². The molecule has 2 heterocycles. The van der Waals surface area contributed by atoms with Crippen molar-refractivity contribution < 1.29 is 0 Å². The van der Waals surface area contributed by atoms with Gasteiger partial charge in [-0.25, -0.2) is 0 Å². The van der Waals surface area contributed by atoms with E-state index in [4.69, 9.17) is 0 Å². The zero-order valence-electron chi connectivity index (χ0n) is 14.9. The van der Waals surface area contributed by atoms with Gasteiger partial charge in [-0.3, -0.25) is 9.97 Å². The van der Waals surface area contributed by atoms with Gasteiger partial charge in [-0.1, -0.05) is 70.7 Å². The normalized spacial score (nSPS) is 10.6. The summed E-state index contributed by atoms with van der Waals surface area (Å²) in [4.78, 5) is 9.06. The number of nitrogens with zero attached hydrogens (tertiary/aromatic N) is 2. The molecule has 3 rings (SSSR count). The molecule has 0 radical (unpaired) electrons. The predicted molar refractivity (Wildman–Crippen MR) is 115 cm³/mol. The van der Waals surface area contributed by atoms with Gasteiger partial charge in [0.05, 0.1) is 11.0 Å². The van der Waals surface area contributed by atoms with Crippen LogP contribution in [0.1, 0.15) is 33.3 Å². The Balaban J connectivity index is 0.000000671. The average Bonchev–Trinajstić information content (AvgIpc) is 3.19. The molecule has 1 aromatic carbocycles. The number of rotatable bonds is 3. The lowest BCUT2D eigenvalue weighted by Gasteiger charge is -2.09. The molecule has 0 bridgehead atoms. The van der Waals surface area contributed by atoms with Crippen LogP contribution in [-0.2, 0) is 0 Å². The van der Waals surface area contributed by atoms with E-state index >= 15 is 0 Å². The van der Waals surface area contributed by atoms with E-state index in [0.717, 1.165) is 21.9 Å². The van der Waals surface area contributed by atoms with E-state index in [2.05, 4.69) is 55.9 Å². The summed E-state index contributed by atoms with van der Waals surface area (Å²) in [6.45, 7) is 11.7. The lowest BCUT2D eigenvalue weighted by atomic mass is 10.1. The average molecular weight is 356 g/mol. The van der Waals surface area contributed by atoms with Crippen molar-refractivity contribution in [3.8, 4) is 10.9 Å². The van der Waals surface area contributed by atoms with Crippen molar-refractivity contribution in [2.75, 3.05) is 0 Å². The molecule has 0 amide bonds. The highest BCUT2D eigenvalue weighted by Gasteiger charge is 2.10. The molecule has 2 aromatic heterocycles. The van der Waals surface area contributed by atoms with Gasteiger partial charge in [0, 0.05) is 28.8 Å². The smallest absolute Gasteiger partial charge is 0.0974 e. The lowest BCUT2D eigenvalue weighted by Crippen LogP contribution is -1.90. The Labute approximate surface area is 149 Å². The molecular formula is C20H26N2P2. The SMILES string of the molecule is C=C/C=C(\P)c1ccc(-c2ccc[pH]2)c2nccnc12.CC.CC. The summed E-state index contributed by atoms with van der Waals surface area (Å²) in [5, 5.41) is 2.39. The van der Waals surface area contributed by atoms with Crippen LogP contribution in [-0.4, -0.2) is 9.97 Å². The van der Waals surface area contributed by atoms with Gasteiger partial charge in [-0.2, -0.15) is 0 Å². The maximum absolute atomic E-state index is 4.54. The molecule has 0 aliphatic rings. The minimum Gasteiger partial charge on any atom is -0.252 e. The van der Waals surface area contributed by atoms with Crippen LogP contribution in [0.2, 0.25) is 0 Å². The van der Waals surface area contributed by atoms with Crippen LogP contribution in [0, 0.1) is 0 Å². The van der Waals surface area contributed by atoms with Gasteiger partial charge >= 0.3 is 0 Å². The second-order valence-electron chi connectivity index (χ2n) is 4.36. The van der Waals surface area contributed by atoms with Gasteiger partial charge in [0.1, 0.15) is 0 Å². The van der Waals surface area contributed by atoms with Crippen molar-refractivity contribution in [3.63, 3.8) is 0 Å². The molecule has 24 heavy (non-hydrogen) atoms. The van der Waals surface area contributed by atoms with Crippen LogP contribution >= 0.6 is 17.4 Å². The summed E-state index contributed by atoms with van der Waals surface area (Å²) >= 11 is 0. The summed E-state index contributed by atoms with van der Waals surface area (Å²) in [6, 6.07) is 8.50. The first-order valence-electron chi connectivity index (χ1n) is 8.27. The molecule has 2 unspecified atom stereocenters. The van der Waals surface area contributed by atoms with E-state index in [1.165, 1.54) is 10.9 Å². The van der Waals surface area contributed by atoms with Crippen molar-refractivity contribution in [1.29, 1.82) is 0 Å². The van der Waals surface area contributed by atoms with Gasteiger partial charge in [-0.15, -0.1) is 17.4 Å². The molecule has 0 saturated heterocycles. The minimum absolute atomic E-state index is 0.709. The lowest BCUT2D eigenvalue weighted by molar-refractivity contribution is 1.29. The number of fused-ring (bicyclic) bond motifs is 1.